The van der Waals surface area contributed by atoms with Gasteiger partial charge in [0.1, 0.15) is 5.82 Å². The minimum Gasteiger partial charge on any atom is -0.493 e. The summed E-state index contributed by atoms with van der Waals surface area (Å²) in [5, 5.41) is 5.26. The van der Waals surface area contributed by atoms with Crippen molar-refractivity contribution in [3.8, 4) is 11.5 Å². The van der Waals surface area contributed by atoms with Gasteiger partial charge in [0.25, 0.3) is 11.8 Å². The summed E-state index contributed by atoms with van der Waals surface area (Å²) in [6, 6.07) is 17.3. The van der Waals surface area contributed by atoms with Gasteiger partial charge >= 0.3 is 5.97 Å². The van der Waals surface area contributed by atoms with Crippen LogP contribution in [0.5, 0.6) is 11.5 Å². The predicted octanol–water partition coefficient (Wildman–Crippen LogP) is 3.63. The van der Waals surface area contributed by atoms with Crippen LogP contribution in [0.25, 0.3) is 0 Å². The lowest BCUT2D eigenvalue weighted by molar-refractivity contribution is -0.124. The molecule has 0 aromatic heterocycles. The highest BCUT2D eigenvalue weighted by molar-refractivity contribution is 5.93. The largest absolute Gasteiger partial charge is 0.493 e. The van der Waals surface area contributed by atoms with Gasteiger partial charge in [-0.3, -0.25) is 9.59 Å². The molecule has 35 heavy (non-hydrogen) atoms. The number of aryl methyl sites for hydroxylation is 1. The number of hydrogen-bond donors (Lipinski definition) is 2. The molecule has 0 aliphatic heterocycles. The average Bonchev–Trinajstić information content (AvgIpc) is 2.87. The van der Waals surface area contributed by atoms with E-state index < -0.39 is 30.2 Å². The van der Waals surface area contributed by atoms with Gasteiger partial charge in [-0.05, 0) is 55.0 Å². The first kappa shape index (κ1) is 25.2. The van der Waals surface area contributed by atoms with E-state index >= 15 is 0 Å². The number of benzene rings is 3. The van der Waals surface area contributed by atoms with Crippen molar-refractivity contribution in [3.05, 3.63) is 89.2 Å². The fraction of sp³-hybridized carbons (Fsp3) is 0.192. The molecular weight excluding hydrogens is 455 g/mol. The zero-order chi connectivity index (χ0) is 25.2. The van der Waals surface area contributed by atoms with Gasteiger partial charge in [-0.1, -0.05) is 29.8 Å². The first-order valence-corrected chi connectivity index (χ1v) is 10.7. The number of ether oxygens (including phenoxy) is 3. The molecule has 0 radical (unpaired) electrons. The summed E-state index contributed by atoms with van der Waals surface area (Å²) < 4.78 is 28.7. The van der Waals surface area contributed by atoms with Crippen molar-refractivity contribution in [1.29, 1.82) is 0 Å². The predicted molar refractivity (Wildman–Crippen MR) is 127 cm³/mol. The molecule has 0 heterocycles. The van der Waals surface area contributed by atoms with Gasteiger partial charge in [-0.25, -0.2) is 9.18 Å². The molecule has 3 aromatic rings. The molecular formula is C26H25FN2O6. The second kappa shape index (κ2) is 12.2. The zero-order valence-corrected chi connectivity index (χ0v) is 19.3. The smallest absolute Gasteiger partial charge is 0.338 e. The lowest BCUT2D eigenvalue weighted by Gasteiger charge is -2.12. The summed E-state index contributed by atoms with van der Waals surface area (Å²) in [5.74, 6) is -1.58. The minimum absolute atomic E-state index is 0.149. The number of amides is 2. The SMILES string of the molecule is COc1cc(C(=O)OCC(=O)NCc2ccc(C)cc2)ccc1OCC(=O)Nc1ccc(F)cc1. The first-order valence-electron chi connectivity index (χ1n) is 10.7. The van der Waals surface area contributed by atoms with Crippen LogP contribution in [0.4, 0.5) is 10.1 Å². The molecule has 0 aliphatic rings. The monoisotopic (exact) mass is 480 g/mol. The molecule has 0 fully saturated rings. The van der Waals surface area contributed by atoms with E-state index in [9.17, 15) is 18.8 Å². The maximum absolute atomic E-state index is 13.0. The van der Waals surface area contributed by atoms with Crippen molar-refractivity contribution in [2.75, 3.05) is 25.6 Å². The van der Waals surface area contributed by atoms with Gasteiger partial charge in [-0.2, -0.15) is 0 Å². The number of halogens is 1. The van der Waals surface area contributed by atoms with E-state index in [0.717, 1.165) is 11.1 Å². The number of nitrogens with one attached hydrogen (secondary N) is 2. The van der Waals surface area contributed by atoms with Crippen LogP contribution in [0.1, 0.15) is 21.5 Å². The number of anilines is 1. The molecule has 2 N–H and O–H groups in total. The molecule has 0 saturated heterocycles. The van der Waals surface area contributed by atoms with E-state index in [1.807, 2.05) is 31.2 Å². The van der Waals surface area contributed by atoms with Gasteiger partial charge in [0, 0.05) is 12.2 Å². The number of carbonyl (C=O) groups is 3. The molecule has 0 saturated carbocycles. The second-order valence-corrected chi connectivity index (χ2v) is 7.55. The van der Waals surface area contributed by atoms with Gasteiger partial charge in [0.2, 0.25) is 0 Å². The van der Waals surface area contributed by atoms with E-state index in [1.165, 1.54) is 49.6 Å². The van der Waals surface area contributed by atoms with Crippen molar-refractivity contribution < 1.29 is 33.0 Å². The van der Waals surface area contributed by atoms with Crippen LogP contribution < -0.4 is 20.1 Å². The van der Waals surface area contributed by atoms with Crippen molar-refractivity contribution in [1.82, 2.24) is 5.32 Å². The molecule has 182 valence electrons. The lowest BCUT2D eigenvalue weighted by Crippen LogP contribution is -2.28. The molecule has 0 aliphatic carbocycles. The average molecular weight is 480 g/mol. The van der Waals surface area contributed by atoms with Crippen molar-refractivity contribution in [2.45, 2.75) is 13.5 Å². The highest BCUT2D eigenvalue weighted by Gasteiger charge is 2.15. The van der Waals surface area contributed by atoms with Crippen LogP contribution in [-0.4, -0.2) is 38.1 Å². The number of methoxy groups -OCH3 is 1. The fourth-order valence-corrected chi connectivity index (χ4v) is 2.96. The highest BCUT2D eigenvalue weighted by Crippen LogP contribution is 2.28. The summed E-state index contributed by atoms with van der Waals surface area (Å²) in [6.07, 6.45) is 0. The number of esters is 1. The van der Waals surface area contributed by atoms with Crippen LogP contribution >= 0.6 is 0 Å². The Morgan fingerprint density at radius 1 is 0.857 bits per heavy atom. The quantitative estimate of drug-likeness (QED) is 0.430. The third-order valence-corrected chi connectivity index (χ3v) is 4.83. The Kier molecular flexibility index (Phi) is 8.77. The Morgan fingerprint density at radius 2 is 1.57 bits per heavy atom. The van der Waals surface area contributed by atoms with Crippen molar-refractivity contribution in [3.63, 3.8) is 0 Å². The van der Waals surface area contributed by atoms with Gasteiger partial charge in [0.05, 0.1) is 12.7 Å². The first-order chi connectivity index (χ1) is 16.8. The summed E-state index contributed by atoms with van der Waals surface area (Å²) in [7, 11) is 1.38. The molecule has 0 unspecified atom stereocenters. The van der Waals surface area contributed by atoms with Gasteiger partial charge < -0.3 is 24.8 Å². The van der Waals surface area contributed by atoms with Crippen LogP contribution in [0.2, 0.25) is 0 Å². The molecule has 3 aromatic carbocycles. The van der Waals surface area contributed by atoms with E-state index in [2.05, 4.69) is 10.6 Å². The van der Waals surface area contributed by atoms with E-state index in [0.29, 0.717) is 12.2 Å². The number of carbonyl (C=O) groups excluding carboxylic acids is 3. The third kappa shape index (κ3) is 7.85. The summed E-state index contributed by atoms with van der Waals surface area (Å²) in [6.45, 7) is 1.53. The topological polar surface area (TPSA) is 103 Å². The maximum atomic E-state index is 13.0. The Bertz CT molecular complexity index is 1180. The minimum atomic E-state index is -0.714. The van der Waals surface area contributed by atoms with E-state index in [4.69, 9.17) is 14.2 Å². The molecule has 0 atom stereocenters. The van der Waals surface area contributed by atoms with Crippen molar-refractivity contribution in [2.24, 2.45) is 0 Å². The Morgan fingerprint density at radius 3 is 2.26 bits per heavy atom. The van der Waals surface area contributed by atoms with E-state index in [-0.39, 0.29) is 23.7 Å². The Balaban J connectivity index is 1.48. The summed E-state index contributed by atoms with van der Waals surface area (Å²) in [4.78, 5) is 36.4. The summed E-state index contributed by atoms with van der Waals surface area (Å²) >= 11 is 0. The number of hydrogen-bond acceptors (Lipinski definition) is 6. The maximum Gasteiger partial charge on any atom is 0.338 e. The molecule has 0 bridgehead atoms. The molecule has 0 spiro atoms. The highest BCUT2D eigenvalue weighted by atomic mass is 19.1. The molecule has 8 nitrogen and oxygen atoms in total. The van der Waals surface area contributed by atoms with Crippen LogP contribution in [0.3, 0.4) is 0 Å². The van der Waals surface area contributed by atoms with Crippen LogP contribution in [0, 0.1) is 12.7 Å². The zero-order valence-electron chi connectivity index (χ0n) is 19.3. The fourth-order valence-electron chi connectivity index (χ4n) is 2.96. The Hall–Kier alpha value is -4.40. The number of rotatable bonds is 10. The second-order valence-electron chi connectivity index (χ2n) is 7.55. The van der Waals surface area contributed by atoms with E-state index in [1.54, 1.807) is 0 Å². The Labute approximate surface area is 202 Å². The normalized spacial score (nSPS) is 10.3. The standard InChI is InChI=1S/C26H25FN2O6/c1-17-3-5-18(6-4-17)14-28-24(30)15-35-26(32)19-7-12-22(23(13-19)33-2)34-16-25(31)29-21-10-8-20(27)9-11-21/h3-13H,14-16H2,1-2H3,(H,28,30)(H,29,31). The lowest BCUT2D eigenvalue weighted by atomic mass is 10.1. The molecule has 3 rings (SSSR count). The molecule has 9 heteroatoms. The summed E-state index contributed by atoms with van der Waals surface area (Å²) in [5.41, 5.74) is 2.63. The molecule has 2 amide bonds. The van der Waals surface area contributed by atoms with Crippen LogP contribution in [0.15, 0.2) is 66.7 Å². The van der Waals surface area contributed by atoms with Gasteiger partial charge in [0.15, 0.2) is 24.7 Å². The van der Waals surface area contributed by atoms with Crippen LogP contribution in [-0.2, 0) is 20.9 Å². The van der Waals surface area contributed by atoms with Gasteiger partial charge in [-0.15, -0.1) is 0 Å². The third-order valence-electron chi connectivity index (χ3n) is 4.83. The van der Waals surface area contributed by atoms with Crippen molar-refractivity contribution >= 4 is 23.5 Å².